The summed E-state index contributed by atoms with van der Waals surface area (Å²) in [6.07, 6.45) is 0. The first-order valence-corrected chi connectivity index (χ1v) is 6.00. The highest BCUT2D eigenvalue weighted by atomic mass is 16.5. The highest BCUT2D eigenvalue weighted by Gasteiger charge is 2.28. The fraction of sp³-hybridized carbons (Fsp3) is 0.500. The predicted molar refractivity (Wildman–Crippen MR) is 70.8 cm³/mol. The average Bonchev–Trinajstić information content (AvgIpc) is 2.36. The molecule has 1 unspecified atom stereocenters. The largest absolute Gasteiger partial charge is 0.492 e. The van der Waals surface area contributed by atoms with E-state index in [2.05, 4.69) is 12.2 Å². The van der Waals surface area contributed by atoms with E-state index in [0.29, 0.717) is 5.75 Å². The third kappa shape index (κ3) is 3.74. The van der Waals surface area contributed by atoms with Crippen molar-refractivity contribution in [3.63, 3.8) is 0 Å². The van der Waals surface area contributed by atoms with Gasteiger partial charge in [-0.05, 0) is 45.5 Å². The lowest BCUT2D eigenvalue weighted by Crippen LogP contribution is -2.30. The number of ether oxygens (including phenoxy) is 1. The first-order valence-electron chi connectivity index (χ1n) is 6.00. The zero-order valence-corrected chi connectivity index (χ0v) is 11.4. The van der Waals surface area contributed by atoms with Crippen molar-refractivity contribution in [2.24, 2.45) is 5.41 Å². The van der Waals surface area contributed by atoms with Crippen LogP contribution in [0.2, 0.25) is 0 Å². The van der Waals surface area contributed by atoms with Gasteiger partial charge < -0.3 is 15.2 Å². The van der Waals surface area contributed by atoms with Gasteiger partial charge >= 0.3 is 5.97 Å². The second-order valence-electron chi connectivity index (χ2n) is 5.06. The molecule has 0 bridgehead atoms. The van der Waals surface area contributed by atoms with Gasteiger partial charge in [0.2, 0.25) is 0 Å². The van der Waals surface area contributed by atoms with Crippen molar-refractivity contribution >= 4 is 5.97 Å². The summed E-state index contributed by atoms with van der Waals surface area (Å²) in [6, 6.07) is 7.96. The van der Waals surface area contributed by atoms with E-state index < -0.39 is 11.4 Å². The van der Waals surface area contributed by atoms with Crippen LogP contribution >= 0.6 is 0 Å². The SMILES string of the molecule is CNC(C)c1ccc(OCC(C)(C)C(=O)O)cc1. The minimum Gasteiger partial charge on any atom is -0.492 e. The summed E-state index contributed by atoms with van der Waals surface area (Å²) in [5.41, 5.74) is 0.291. The summed E-state index contributed by atoms with van der Waals surface area (Å²) in [5, 5.41) is 12.1. The monoisotopic (exact) mass is 251 g/mol. The van der Waals surface area contributed by atoms with Crippen LogP contribution in [0.25, 0.3) is 0 Å². The normalized spacial score (nSPS) is 13.1. The number of nitrogens with one attached hydrogen (secondary N) is 1. The highest BCUT2D eigenvalue weighted by molar-refractivity contribution is 5.73. The summed E-state index contributed by atoms with van der Waals surface area (Å²) in [7, 11) is 1.91. The molecule has 0 amide bonds. The minimum absolute atomic E-state index is 0.156. The molecular formula is C14H21NO3. The molecule has 4 nitrogen and oxygen atoms in total. The zero-order valence-electron chi connectivity index (χ0n) is 11.4. The molecule has 1 aromatic rings. The lowest BCUT2D eigenvalue weighted by Gasteiger charge is -2.19. The van der Waals surface area contributed by atoms with Gasteiger partial charge in [-0.25, -0.2) is 0 Å². The molecule has 0 aliphatic rings. The standard InChI is InChI=1S/C14H21NO3/c1-10(15-4)11-5-7-12(8-6-11)18-9-14(2,3)13(16)17/h5-8,10,15H,9H2,1-4H3,(H,16,17). The van der Waals surface area contributed by atoms with Crippen LogP contribution in [0.4, 0.5) is 0 Å². The van der Waals surface area contributed by atoms with Gasteiger partial charge in [0.15, 0.2) is 0 Å². The third-order valence-corrected chi connectivity index (χ3v) is 2.99. The number of carbonyl (C=O) groups is 1. The topological polar surface area (TPSA) is 58.6 Å². The molecule has 0 aliphatic heterocycles. The van der Waals surface area contributed by atoms with Crippen LogP contribution in [0.3, 0.4) is 0 Å². The van der Waals surface area contributed by atoms with E-state index in [4.69, 9.17) is 9.84 Å². The van der Waals surface area contributed by atoms with Crippen LogP contribution in [0, 0.1) is 5.41 Å². The molecule has 0 fully saturated rings. The Morgan fingerprint density at radius 1 is 1.39 bits per heavy atom. The Morgan fingerprint density at radius 3 is 2.39 bits per heavy atom. The van der Waals surface area contributed by atoms with Crippen LogP contribution in [-0.4, -0.2) is 24.7 Å². The van der Waals surface area contributed by atoms with Gasteiger partial charge in [0.05, 0.1) is 5.41 Å². The molecule has 2 N–H and O–H groups in total. The number of aliphatic carboxylic acids is 1. The first kappa shape index (κ1) is 14.5. The van der Waals surface area contributed by atoms with Crippen LogP contribution in [-0.2, 0) is 4.79 Å². The lowest BCUT2D eigenvalue weighted by molar-refractivity contribution is -0.148. The fourth-order valence-electron chi connectivity index (χ4n) is 1.34. The van der Waals surface area contributed by atoms with Crippen molar-refractivity contribution in [1.29, 1.82) is 0 Å². The van der Waals surface area contributed by atoms with Crippen molar-refractivity contribution in [2.45, 2.75) is 26.8 Å². The van der Waals surface area contributed by atoms with E-state index in [-0.39, 0.29) is 12.6 Å². The van der Waals surface area contributed by atoms with E-state index in [9.17, 15) is 4.79 Å². The maximum absolute atomic E-state index is 10.9. The number of hydrogen-bond acceptors (Lipinski definition) is 3. The Kier molecular flexibility index (Phi) is 4.73. The Bertz CT molecular complexity index is 398. The quantitative estimate of drug-likeness (QED) is 0.815. The summed E-state index contributed by atoms with van der Waals surface area (Å²) < 4.78 is 5.50. The van der Waals surface area contributed by atoms with Crippen molar-refractivity contribution in [3.05, 3.63) is 29.8 Å². The van der Waals surface area contributed by atoms with Crippen LogP contribution < -0.4 is 10.1 Å². The maximum Gasteiger partial charge on any atom is 0.312 e. The van der Waals surface area contributed by atoms with Crippen LogP contribution in [0.5, 0.6) is 5.75 Å². The summed E-state index contributed by atoms with van der Waals surface area (Å²) in [6.45, 7) is 5.52. The second kappa shape index (κ2) is 5.87. The van der Waals surface area contributed by atoms with Gasteiger partial charge in [-0.1, -0.05) is 12.1 Å². The Morgan fingerprint density at radius 2 is 1.94 bits per heavy atom. The van der Waals surface area contributed by atoms with Crippen molar-refractivity contribution in [1.82, 2.24) is 5.32 Å². The molecule has 1 rings (SSSR count). The van der Waals surface area contributed by atoms with Crippen LogP contribution in [0.1, 0.15) is 32.4 Å². The lowest BCUT2D eigenvalue weighted by atomic mass is 9.95. The third-order valence-electron chi connectivity index (χ3n) is 2.99. The molecule has 0 spiro atoms. The van der Waals surface area contributed by atoms with Gasteiger partial charge in [-0.3, -0.25) is 4.79 Å². The molecule has 0 saturated heterocycles. The van der Waals surface area contributed by atoms with Gasteiger partial charge in [-0.2, -0.15) is 0 Å². The van der Waals surface area contributed by atoms with Gasteiger partial charge in [0.25, 0.3) is 0 Å². The Balaban J connectivity index is 2.62. The molecule has 0 heterocycles. The van der Waals surface area contributed by atoms with Crippen molar-refractivity contribution in [2.75, 3.05) is 13.7 Å². The minimum atomic E-state index is -0.878. The molecule has 100 valence electrons. The summed E-state index contributed by atoms with van der Waals surface area (Å²) in [5.74, 6) is -0.167. The Labute approximate surface area is 108 Å². The number of benzene rings is 1. The molecule has 0 radical (unpaired) electrons. The van der Waals surface area contributed by atoms with E-state index in [1.807, 2.05) is 31.3 Å². The zero-order chi connectivity index (χ0) is 13.8. The summed E-state index contributed by atoms with van der Waals surface area (Å²) >= 11 is 0. The van der Waals surface area contributed by atoms with Gasteiger partial charge in [-0.15, -0.1) is 0 Å². The van der Waals surface area contributed by atoms with E-state index in [0.717, 1.165) is 0 Å². The predicted octanol–water partition coefficient (Wildman–Crippen LogP) is 2.46. The molecule has 0 aliphatic carbocycles. The highest BCUT2D eigenvalue weighted by Crippen LogP contribution is 2.21. The smallest absolute Gasteiger partial charge is 0.312 e. The van der Waals surface area contributed by atoms with Gasteiger partial charge in [0.1, 0.15) is 12.4 Å². The molecule has 1 atom stereocenters. The maximum atomic E-state index is 10.9. The number of rotatable bonds is 6. The molecule has 0 saturated carbocycles. The fourth-order valence-corrected chi connectivity index (χ4v) is 1.34. The van der Waals surface area contributed by atoms with E-state index in [1.165, 1.54) is 5.56 Å². The first-order chi connectivity index (χ1) is 8.36. The Hall–Kier alpha value is -1.55. The summed E-state index contributed by atoms with van der Waals surface area (Å²) in [4.78, 5) is 10.9. The number of hydrogen-bond donors (Lipinski definition) is 2. The number of carboxylic acids is 1. The second-order valence-corrected chi connectivity index (χ2v) is 5.06. The molecule has 1 aromatic carbocycles. The molecular weight excluding hydrogens is 230 g/mol. The van der Waals surface area contributed by atoms with E-state index >= 15 is 0 Å². The van der Waals surface area contributed by atoms with Gasteiger partial charge in [0, 0.05) is 6.04 Å². The number of carboxylic acid groups (broad SMARTS) is 1. The van der Waals surface area contributed by atoms with E-state index in [1.54, 1.807) is 13.8 Å². The molecule has 4 heteroatoms. The molecule has 0 aromatic heterocycles. The molecule has 18 heavy (non-hydrogen) atoms. The van der Waals surface area contributed by atoms with Crippen molar-refractivity contribution < 1.29 is 14.6 Å². The van der Waals surface area contributed by atoms with Crippen molar-refractivity contribution in [3.8, 4) is 5.75 Å². The van der Waals surface area contributed by atoms with Crippen LogP contribution in [0.15, 0.2) is 24.3 Å². The average molecular weight is 251 g/mol.